The van der Waals surface area contributed by atoms with Gasteiger partial charge in [0.25, 0.3) is 11.8 Å². The molecule has 1 aliphatic heterocycles. The number of hydrogen-bond donors (Lipinski definition) is 1. The summed E-state index contributed by atoms with van der Waals surface area (Å²) in [4.78, 5) is 43.6. The normalized spacial score (nSPS) is 12.8. The predicted octanol–water partition coefficient (Wildman–Crippen LogP) is 3.27. The van der Waals surface area contributed by atoms with Gasteiger partial charge in [0, 0.05) is 42.8 Å². The third kappa shape index (κ3) is 4.31. The molecule has 8 heteroatoms. The van der Waals surface area contributed by atoms with Crippen molar-refractivity contribution in [3.05, 3.63) is 65.9 Å². The Hall–Kier alpha value is -3.78. The van der Waals surface area contributed by atoms with E-state index in [2.05, 4.69) is 10.3 Å². The summed E-state index contributed by atoms with van der Waals surface area (Å²) in [6.45, 7) is 0.864. The van der Waals surface area contributed by atoms with Crippen molar-refractivity contribution in [3.8, 4) is 5.88 Å². The van der Waals surface area contributed by atoms with Gasteiger partial charge in [0.05, 0.1) is 6.61 Å². The number of nitrogens with zero attached hydrogens (tertiary/aromatic N) is 2. The number of ether oxygens (including phenoxy) is 2. The number of carbonyl (C=O) groups excluding carboxylic acids is 3. The number of hydrogen-bond acceptors (Lipinski definition) is 6. The second kappa shape index (κ2) is 9.57. The predicted molar refractivity (Wildman–Crippen MR) is 119 cm³/mol. The number of rotatable bonds is 9. The van der Waals surface area contributed by atoms with E-state index in [9.17, 15) is 14.4 Å². The third-order valence-electron chi connectivity index (χ3n) is 5.21. The molecule has 0 saturated heterocycles. The molecule has 0 saturated carbocycles. The number of anilines is 1. The molecule has 1 aliphatic rings. The van der Waals surface area contributed by atoms with Gasteiger partial charge in [-0.25, -0.2) is 4.98 Å². The molecule has 0 aliphatic carbocycles. The van der Waals surface area contributed by atoms with E-state index in [1.807, 2.05) is 12.1 Å². The van der Waals surface area contributed by atoms with Gasteiger partial charge in [-0.3, -0.25) is 19.3 Å². The minimum Gasteiger partial charge on any atom is -0.474 e. The van der Waals surface area contributed by atoms with Crippen LogP contribution in [0.2, 0.25) is 0 Å². The number of carbonyl (C=O) groups is 3. The molecule has 0 radical (unpaired) electrons. The van der Waals surface area contributed by atoms with Gasteiger partial charge in [-0.2, -0.15) is 0 Å². The fourth-order valence-corrected chi connectivity index (χ4v) is 3.72. The number of imide groups is 1. The summed E-state index contributed by atoms with van der Waals surface area (Å²) in [6.07, 6.45) is 2.04. The third-order valence-corrected chi connectivity index (χ3v) is 5.21. The topological polar surface area (TPSA) is 97.8 Å². The number of methoxy groups -OCH3 is 1. The van der Waals surface area contributed by atoms with Gasteiger partial charge >= 0.3 is 0 Å². The van der Waals surface area contributed by atoms with Crippen LogP contribution in [-0.2, 0) is 9.53 Å². The van der Waals surface area contributed by atoms with Gasteiger partial charge < -0.3 is 14.8 Å². The Balaban J connectivity index is 1.38. The summed E-state index contributed by atoms with van der Waals surface area (Å²) >= 11 is 0. The molecule has 2 aromatic carbocycles. The quantitative estimate of drug-likeness (QED) is 0.411. The molecular weight excluding hydrogens is 410 g/mol. The van der Waals surface area contributed by atoms with Crippen LogP contribution in [0.1, 0.15) is 33.6 Å². The highest BCUT2D eigenvalue weighted by atomic mass is 16.5. The molecule has 8 nitrogen and oxygen atoms in total. The minimum absolute atomic E-state index is 0.134. The average molecular weight is 433 g/mol. The second-order valence-electron chi connectivity index (χ2n) is 7.32. The highest BCUT2D eigenvalue weighted by molar-refractivity contribution is 6.25. The van der Waals surface area contributed by atoms with Crippen LogP contribution in [0.3, 0.4) is 0 Å². The molecule has 164 valence electrons. The highest BCUT2D eigenvalue weighted by Gasteiger charge is 2.32. The van der Waals surface area contributed by atoms with E-state index in [1.54, 1.807) is 49.7 Å². The fourth-order valence-electron chi connectivity index (χ4n) is 3.72. The van der Waals surface area contributed by atoms with Gasteiger partial charge in [0.15, 0.2) is 0 Å². The molecule has 1 N–H and O–H groups in total. The van der Waals surface area contributed by atoms with Crippen molar-refractivity contribution in [2.45, 2.75) is 12.8 Å². The maximum atomic E-state index is 12.9. The molecule has 0 atom stereocenters. The molecule has 0 fully saturated rings. The smallest absolute Gasteiger partial charge is 0.261 e. The van der Waals surface area contributed by atoms with Crippen LogP contribution < -0.4 is 10.1 Å². The van der Waals surface area contributed by atoms with Crippen LogP contribution in [0.25, 0.3) is 10.8 Å². The molecule has 2 heterocycles. The largest absolute Gasteiger partial charge is 0.474 e. The van der Waals surface area contributed by atoms with Crippen LogP contribution in [0.15, 0.2) is 54.7 Å². The zero-order valence-corrected chi connectivity index (χ0v) is 17.7. The average Bonchev–Trinajstić information content (AvgIpc) is 2.81. The van der Waals surface area contributed by atoms with Crippen LogP contribution in [-0.4, -0.2) is 54.5 Å². The van der Waals surface area contributed by atoms with Crippen molar-refractivity contribution >= 4 is 34.2 Å². The Kier molecular flexibility index (Phi) is 6.42. The highest BCUT2D eigenvalue weighted by Crippen LogP contribution is 2.30. The van der Waals surface area contributed by atoms with E-state index >= 15 is 0 Å². The molecule has 3 amide bonds. The van der Waals surface area contributed by atoms with Gasteiger partial charge in [0.2, 0.25) is 11.8 Å². The van der Waals surface area contributed by atoms with Crippen LogP contribution in [0.5, 0.6) is 5.88 Å². The number of pyridine rings is 1. The maximum absolute atomic E-state index is 12.9. The molecule has 3 aromatic rings. The summed E-state index contributed by atoms with van der Waals surface area (Å²) in [7, 11) is 1.57. The summed E-state index contributed by atoms with van der Waals surface area (Å²) in [5, 5.41) is 4.33. The van der Waals surface area contributed by atoms with Crippen LogP contribution >= 0.6 is 0 Å². The molecule has 4 rings (SSSR count). The Morgan fingerprint density at radius 2 is 1.72 bits per heavy atom. The minimum atomic E-state index is -0.333. The molecule has 1 aromatic heterocycles. The van der Waals surface area contributed by atoms with E-state index < -0.39 is 0 Å². The first-order valence-electron chi connectivity index (χ1n) is 10.3. The first-order valence-corrected chi connectivity index (χ1v) is 10.3. The maximum Gasteiger partial charge on any atom is 0.261 e. The molecule has 0 unspecified atom stereocenters. The summed E-state index contributed by atoms with van der Waals surface area (Å²) in [6, 6.07) is 14.2. The SMILES string of the molecule is COCCOc1ncccc1NC(=O)CCCN1C(=O)c2cccc3cccc(c23)C1=O. The molecule has 32 heavy (non-hydrogen) atoms. The fraction of sp³-hybridized carbons (Fsp3) is 0.250. The van der Waals surface area contributed by atoms with Gasteiger partial charge in [-0.1, -0.05) is 24.3 Å². The van der Waals surface area contributed by atoms with E-state index in [-0.39, 0.29) is 30.7 Å². The summed E-state index contributed by atoms with van der Waals surface area (Å²) in [5.41, 5.74) is 1.48. The van der Waals surface area contributed by atoms with Gasteiger partial charge in [-0.05, 0) is 36.1 Å². The zero-order valence-electron chi connectivity index (χ0n) is 17.7. The van der Waals surface area contributed by atoms with Crippen molar-refractivity contribution < 1.29 is 23.9 Å². The number of aromatic nitrogens is 1. The lowest BCUT2D eigenvalue weighted by Crippen LogP contribution is -2.41. The van der Waals surface area contributed by atoms with Crippen LogP contribution in [0.4, 0.5) is 5.69 Å². The Morgan fingerprint density at radius 3 is 2.41 bits per heavy atom. The Bertz CT molecular complexity index is 1130. The lowest BCUT2D eigenvalue weighted by atomic mass is 9.94. The first kappa shape index (κ1) is 21.5. The van der Waals surface area contributed by atoms with Gasteiger partial charge in [0.1, 0.15) is 12.3 Å². The monoisotopic (exact) mass is 433 g/mol. The standard InChI is InChI=1S/C24H23N3O5/c1-31-14-15-32-22-19(10-4-12-25-22)26-20(28)11-5-13-27-23(29)17-8-2-6-16-7-3-9-18(21(16)17)24(27)30/h2-4,6-10,12H,5,11,13-15H2,1H3,(H,26,28). The van der Waals surface area contributed by atoms with Crippen LogP contribution in [0, 0.1) is 0 Å². The Morgan fingerprint density at radius 1 is 1.00 bits per heavy atom. The van der Waals surface area contributed by atoms with Crippen molar-refractivity contribution in [1.82, 2.24) is 9.88 Å². The lowest BCUT2D eigenvalue weighted by Gasteiger charge is -2.27. The second-order valence-corrected chi connectivity index (χ2v) is 7.32. The number of benzene rings is 2. The molecule has 0 bridgehead atoms. The first-order chi connectivity index (χ1) is 15.6. The molecule has 0 spiro atoms. The lowest BCUT2D eigenvalue weighted by molar-refractivity contribution is -0.116. The van der Waals surface area contributed by atoms with Crippen molar-refractivity contribution in [3.63, 3.8) is 0 Å². The number of amides is 3. The summed E-state index contributed by atoms with van der Waals surface area (Å²) in [5.74, 6) is -0.611. The van der Waals surface area contributed by atoms with E-state index in [0.29, 0.717) is 47.7 Å². The van der Waals surface area contributed by atoms with Crippen molar-refractivity contribution in [2.75, 3.05) is 32.2 Å². The Labute approximate surface area is 185 Å². The zero-order chi connectivity index (χ0) is 22.5. The number of nitrogens with one attached hydrogen (secondary N) is 1. The van der Waals surface area contributed by atoms with E-state index in [1.165, 1.54) is 4.90 Å². The summed E-state index contributed by atoms with van der Waals surface area (Å²) < 4.78 is 10.5. The molecular formula is C24H23N3O5. The van der Waals surface area contributed by atoms with E-state index in [0.717, 1.165) is 5.39 Å². The van der Waals surface area contributed by atoms with E-state index in [4.69, 9.17) is 9.47 Å². The van der Waals surface area contributed by atoms with Crippen molar-refractivity contribution in [1.29, 1.82) is 0 Å². The van der Waals surface area contributed by atoms with Gasteiger partial charge in [-0.15, -0.1) is 0 Å². The van der Waals surface area contributed by atoms with Crippen molar-refractivity contribution in [2.24, 2.45) is 0 Å².